The molecule has 1 fully saturated rings. The Hall–Kier alpha value is -2.77. The summed E-state index contributed by atoms with van der Waals surface area (Å²) in [5.74, 6) is -0.860. The first-order valence-corrected chi connectivity index (χ1v) is 9.74. The number of carbonyl (C=O) groups is 2. The van der Waals surface area contributed by atoms with Gasteiger partial charge in [0.05, 0.1) is 12.6 Å². The molecule has 0 aliphatic carbocycles. The van der Waals surface area contributed by atoms with E-state index in [2.05, 4.69) is 22.3 Å². The third-order valence-electron chi connectivity index (χ3n) is 5.77. The van der Waals surface area contributed by atoms with Crippen LogP contribution in [0.4, 0.5) is 9.18 Å². The number of aliphatic hydroxyl groups is 1. The maximum Gasteiger partial charge on any atom is 0.325 e. The molecule has 152 valence electrons. The van der Waals surface area contributed by atoms with Gasteiger partial charge >= 0.3 is 6.03 Å². The van der Waals surface area contributed by atoms with Crippen LogP contribution in [-0.2, 0) is 23.3 Å². The molecule has 1 saturated heterocycles. The first kappa shape index (κ1) is 19.5. The molecule has 0 radical (unpaired) electrons. The summed E-state index contributed by atoms with van der Waals surface area (Å²) >= 11 is 0. The van der Waals surface area contributed by atoms with E-state index in [1.165, 1.54) is 35.4 Å². The lowest BCUT2D eigenvalue weighted by atomic mass is 9.92. The first-order chi connectivity index (χ1) is 13.9. The van der Waals surface area contributed by atoms with Crippen LogP contribution >= 0.6 is 0 Å². The van der Waals surface area contributed by atoms with Crippen molar-refractivity contribution in [1.29, 1.82) is 0 Å². The molecule has 0 aromatic heterocycles. The molecule has 6 nitrogen and oxygen atoms in total. The Labute approximate surface area is 168 Å². The predicted molar refractivity (Wildman–Crippen MR) is 105 cm³/mol. The number of aliphatic hydroxyl groups excluding tert-OH is 1. The molecule has 4 rings (SSSR count). The maximum absolute atomic E-state index is 13.2. The van der Waals surface area contributed by atoms with Gasteiger partial charge in [0, 0.05) is 19.6 Å². The summed E-state index contributed by atoms with van der Waals surface area (Å²) in [5, 5.41) is 13.2. The van der Waals surface area contributed by atoms with Crippen molar-refractivity contribution in [3.63, 3.8) is 0 Å². The number of nitrogens with zero attached hydrogens (tertiary/aromatic N) is 2. The van der Waals surface area contributed by atoms with Crippen molar-refractivity contribution < 1.29 is 19.1 Å². The molecule has 0 spiro atoms. The standard InChI is InChI=1S/C22H24FN3O3/c1-22(17-6-8-18(23)9-7-17)20(28)26(21(29)24-22)14-19(27)13-25-11-10-15-4-2-3-5-16(15)12-25/h2-9,19,27H,10-14H2,1H3,(H,24,29). The Morgan fingerprint density at radius 3 is 2.52 bits per heavy atom. The fourth-order valence-corrected chi connectivity index (χ4v) is 4.12. The number of hydrogen-bond donors (Lipinski definition) is 2. The highest BCUT2D eigenvalue weighted by molar-refractivity contribution is 6.07. The molecule has 2 atom stereocenters. The van der Waals surface area contributed by atoms with E-state index in [0.717, 1.165) is 24.4 Å². The molecule has 29 heavy (non-hydrogen) atoms. The van der Waals surface area contributed by atoms with Gasteiger partial charge in [0.2, 0.25) is 0 Å². The second-order valence-electron chi connectivity index (χ2n) is 7.89. The maximum atomic E-state index is 13.2. The number of rotatable bonds is 5. The number of β-amino-alcohol motifs (C(OH)–C–C–N with tert-alkyl or cyclic N) is 1. The molecular weight excluding hydrogens is 373 g/mol. The number of fused-ring (bicyclic) bond motifs is 1. The minimum Gasteiger partial charge on any atom is -0.390 e. The number of carbonyl (C=O) groups excluding carboxylic acids is 2. The molecule has 2 aliphatic rings. The van der Waals surface area contributed by atoms with E-state index >= 15 is 0 Å². The molecule has 0 bridgehead atoms. The highest BCUT2D eigenvalue weighted by atomic mass is 19.1. The smallest absolute Gasteiger partial charge is 0.325 e. The van der Waals surface area contributed by atoms with E-state index in [4.69, 9.17) is 0 Å². The fourth-order valence-electron chi connectivity index (χ4n) is 4.12. The monoisotopic (exact) mass is 397 g/mol. The van der Waals surface area contributed by atoms with Gasteiger partial charge in [-0.25, -0.2) is 9.18 Å². The van der Waals surface area contributed by atoms with E-state index < -0.39 is 29.4 Å². The number of hydrogen-bond acceptors (Lipinski definition) is 4. The molecule has 2 aromatic carbocycles. The van der Waals surface area contributed by atoms with Crippen LogP contribution in [0.3, 0.4) is 0 Å². The molecule has 2 aliphatic heterocycles. The van der Waals surface area contributed by atoms with Gasteiger partial charge in [0.25, 0.3) is 5.91 Å². The van der Waals surface area contributed by atoms with Crippen LogP contribution in [0.5, 0.6) is 0 Å². The van der Waals surface area contributed by atoms with Crippen molar-refractivity contribution in [2.24, 2.45) is 0 Å². The molecule has 2 heterocycles. The van der Waals surface area contributed by atoms with Crippen molar-refractivity contribution >= 4 is 11.9 Å². The third kappa shape index (κ3) is 3.75. The zero-order valence-corrected chi connectivity index (χ0v) is 16.3. The highest BCUT2D eigenvalue weighted by Crippen LogP contribution is 2.29. The van der Waals surface area contributed by atoms with Gasteiger partial charge in [-0.1, -0.05) is 36.4 Å². The van der Waals surface area contributed by atoms with E-state index in [1.807, 2.05) is 12.1 Å². The number of halogens is 1. The first-order valence-electron chi connectivity index (χ1n) is 9.74. The minimum atomic E-state index is -1.27. The average Bonchev–Trinajstić information content (AvgIpc) is 2.92. The minimum absolute atomic E-state index is 0.0837. The van der Waals surface area contributed by atoms with Gasteiger partial charge in [0.1, 0.15) is 11.4 Å². The van der Waals surface area contributed by atoms with Gasteiger partial charge in [0.15, 0.2) is 0 Å². The number of amides is 3. The van der Waals surface area contributed by atoms with Crippen LogP contribution in [0.15, 0.2) is 48.5 Å². The largest absolute Gasteiger partial charge is 0.390 e. The van der Waals surface area contributed by atoms with Gasteiger partial charge in [-0.3, -0.25) is 14.6 Å². The summed E-state index contributed by atoms with van der Waals surface area (Å²) in [6.07, 6.45) is 0.0554. The predicted octanol–water partition coefficient (Wildman–Crippen LogP) is 2.01. The summed E-state index contributed by atoms with van der Waals surface area (Å²) in [5.41, 5.74) is 1.79. The molecule has 2 N–H and O–H groups in total. The number of imide groups is 1. The lowest BCUT2D eigenvalue weighted by molar-refractivity contribution is -0.132. The number of nitrogens with one attached hydrogen (secondary N) is 1. The van der Waals surface area contributed by atoms with Crippen molar-refractivity contribution in [2.45, 2.75) is 31.5 Å². The zero-order chi connectivity index (χ0) is 20.6. The average molecular weight is 397 g/mol. The summed E-state index contributed by atoms with van der Waals surface area (Å²) in [4.78, 5) is 28.5. The normalized spacial score (nSPS) is 23.1. The van der Waals surface area contributed by atoms with Crippen LogP contribution < -0.4 is 5.32 Å². The number of benzene rings is 2. The van der Waals surface area contributed by atoms with Gasteiger partial charge < -0.3 is 10.4 Å². The molecular formula is C22H24FN3O3. The van der Waals surface area contributed by atoms with Crippen LogP contribution in [-0.4, -0.2) is 52.6 Å². The van der Waals surface area contributed by atoms with Crippen molar-refractivity contribution in [1.82, 2.24) is 15.1 Å². The fraction of sp³-hybridized carbons (Fsp3) is 0.364. The second kappa shape index (κ2) is 7.57. The molecule has 2 aromatic rings. The lowest BCUT2D eigenvalue weighted by Crippen LogP contribution is -2.45. The molecule has 7 heteroatoms. The molecule has 2 unspecified atom stereocenters. The van der Waals surface area contributed by atoms with Crippen LogP contribution in [0.2, 0.25) is 0 Å². The quantitative estimate of drug-likeness (QED) is 0.757. The third-order valence-corrected chi connectivity index (χ3v) is 5.77. The van der Waals surface area contributed by atoms with Crippen LogP contribution in [0.1, 0.15) is 23.6 Å². The van der Waals surface area contributed by atoms with Crippen molar-refractivity contribution in [2.75, 3.05) is 19.6 Å². The van der Waals surface area contributed by atoms with Crippen molar-refractivity contribution in [3.05, 3.63) is 71.0 Å². The topological polar surface area (TPSA) is 72.9 Å². The summed E-state index contributed by atoms with van der Waals surface area (Å²) < 4.78 is 13.2. The van der Waals surface area contributed by atoms with E-state index in [1.54, 1.807) is 6.92 Å². The summed E-state index contributed by atoms with van der Waals surface area (Å²) in [7, 11) is 0. The van der Waals surface area contributed by atoms with Crippen LogP contribution in [0, 0.1) is 5.82 Å². The molecule has 0 saturated carbocycles. The highest BCUT2D eigenvalue weighted by Gasteiger charge is 2.49. The lowest BCUT2D eigenvalue weighted by Gasteiger charge is -2.31. The molecule has 3 amide bonds. The summed E-state index contributed by atoms with van der Waals surface area (Å²) in [6.45, 7) is 3.44. The second-order valence-corrected chi connectivity index (χ2v) is 7.89. The summed E-state index contributed by atoms with van der Waals surface area (Å²) in [6, 6.07) is 13.2. The Morgan fingerprint density at radius 1 is 1.10 bits per heavy atom. The van der Waals surface area contributed by atoms with Crippen LogP contribution in [0.25, 0.3) is 0 Å². The zero-order valence-electron chi connectivity index (χ0n) is 16.3. The Morgan fingerprint density at radius 2 is 1.79 bits per heavy atom. The van der Waals surface area contributed by atoms with E-state index in [9.17, 15) is 19.1 Å². The number of urea groups is 1. The Bertz CT molecular complexity index is 933. The van der Waals surface area contributed by atoms with E-state index in [-0.39, 0.29) is 6.54 Å². The van der Waals surface area contributed by atoms with E-state index in [0.29, 0.717) is 12.1 Å². The Kier molecular flexibility index (Phi) is 5.10. The van der Waals surface area contributed by atoms with Crippen molar-refractivity contribution in [3.8, 4) is 0 Å². The van der Waals surface area contributed by atoms with Gasteiger partial charge in [-0.05, 0) is 42.2 Å². The SMILES string of the molecule is CC1(c2ccc(F)cc2)NC(=O)N(CC(O)CN2CCc3ccccc3C2)C1=O. The van der Waals surface area contributed by atoms with Gasteiger partial charge in [-0.2, -0.15) is 0 Å². The van der Waals surface area contributed by atoms with Gasteiger partial charge in [-0.15, -0.1) is 0 Å². The Balaban J connectivity index is 1.41.